The molecule has 1 aromatic carbocycles. The van der Waals surface area contributed by atoms with Crippen LogP contribution in [-0.4, -0.2) is 30.3 Å². The van der Waals surface area contributed by atoms with Crippen LogP contribution in [0, 0.1) is 0 Å². The molecule has 1 aliphatic carbocycles. The fraction of sp³-hybridized carbons (Fsp3) is 0.647. The zero-order chi connectivity index (χ0) is 15.2. The minimum absolute atomic E-state index is 0.208. The fourth-order valence-electron chi connectivity index (χ4n) is 3.04. The van der Waals surface area contributed by atoms with Gasteiger partial charge in [0.15, 0.2) is 0 Å². The molecule has 0 unspecified atom stereocenters. The van der Waals surface area contributed by atoms with Gasteiger partial charge in [0, 0.05) is 29.6 Å². The Hall–Kier alpha value is -0.580. The highest BCUT2D eigenvalue weighted by molar-refractivity contribution is 9.10. The van der Waals surface area contributed by atoms with Crippen LogP contribution in [0.4, 0.5) is 5.69 Å². The molecule has 0 saturated heterocycles. The van der Waals surface area contributed by atoms with E-state index in [4.69, 9.17) is 0 Å². The smallest absolute Gasteiger partial charge is 0.0606 e. The first kappa shape index (κ1) is 16.8. The van der Waals surface area contributed by atoms with Crippen molar-refractivity contribution in [1.82, 2.24) is 5.32 Å². The highest BCUT2D eigenvalue weighted by Crippen LogP contribution is 2.33. The number of rotatable bonds is 7. The molecule has 21 heavy (non-hydrogen) atoms. The number of hydrogen-bond acceptors (Lipinski definition) is 3. The summed E-state index contributed by atoms with van der Waals surface area (Å²) in [6.07, 6.45) is 5.09. The van der Waals surface area contributed by atoms with E-state index in [1.807, 2.05) is 0 Å². The quantitative estimate of drug-likeness (QED) is 0.783. The fourth-order valence-corrected chi connectivity index (χ4v) is 3.69. The minimum atomic E-state index is 0.208. The average molecular weight is 355 g/mol. The predicted molar refractivity (Wildman–Crippen MR) is 92.8 cm³/mol. The third kappa shape index (κ3) is 4.70. The molecule has 0 aliphatic heterocycles. The summed E-state index contributed by atoms with van der Waals surface area (Å²) in [4.78, 5) is 2.37. The topological polar surface area (TPSA) is 35.5 Å². The predicted octanol–water partition coefficient (Wildman–Crippen LogP) is 3.69. The van der Waals surface area contributed by atoms with Crippen molar-refractivity contribution >= 4 is 21.6 Å². The highest BCUT2D eigenvalue weighted by Gasteiger charge is 2.23. The first-order valence-corrected chi connectivity index (χ1v) is 8.80. The van der Waals surface area contributed by atoms with Crippen molar-refractivity contribution in [3.8, 4) is 0 Å². The van der Waals surface area contributed by atoms with Gasteiger partial charge < -0.3 is 15.3 Å². The molecule has 4 heteroatoms. The molecule has 0 atom stereocenters. The molecular weight excluding hydrogens is 328 g/mol. The molecule has 0 heterocycles. The van der Waals surface area contributed by atoms with Crippen molar-refractivity contribution in [1.29, 1.82) is 0 Å². The number of hydrogen-bond donors (Lipinski definition) is 2. The largest absolute Gasteiger partial charge is 0.395 e. The SMILES string of the molecule is CC(C)NCc1ccc(N(CCO)C2CCCC2)c(Br)c1. The third-order valence-electron chi connectivity index (χ3n) is 4.14. The molecule has 0 bridgehead atoms. The molecule has 3 nitrogen and oxygen atoms in total. The molecule has 0 amide bonds. The van der Waals surface area contributed by atoms with Crippen molar-refractivity contribution in [3.63, 3.8) is 0 Å². The van der Waals surface area contributed by atoms with Crippen molar-refractivity contribution in [2.45, 2.75) is 58.2 Å². The molecule has 2 rings (SSSR count). The summed E-state index contributed by atoms with van der Waals surface area (Å²) in [5, 5.41) is 12.8. The number of aliphatic hydroxyl groups is 1. The summed E-state index contributed by atoms with van der Waals surface area (Å²) < 4.78 is 1.13. The first-order valence-electron chi connectivity index (χ1n) is 8.01. The van der Waals surface area contributed by atoms with E-state index in [-0.39, 0.29) is 6.61 Å². The van der Waals surface area contributed by atoms with Gasteiger partial charge in [-0.05, 0) is 46.5 Å². The maximum absolute atomic E-state index is 9.38. The average Bonchev–Trinajstić information content (AvgIpc) is 2.97. The van der Waals surface area contributed by atoms with Crippen molar-refractivity contribution in [2.24, 2.45) is 0 Å². The molecular formula is C17H27BrN2O. The van der Waals surface area contributed by atoms with E-state index in [0.29, 0.717) is 18.6 Å². The number of nitrogens with zero attached hydrogens (tertiary/aromatic N) is 1. The Morgan fingerprint density at radius 2 is 2.05 bits per heavy atom. The highest BCUT2D eigenvalue weighted by atomic mass is 79.9. The first-order chi connectivity index (χ1) is 10.1. The Kier molecular flexibility index (Phi) is 6.52. The van der Waals surface area contributed by atoms with Crippen LogP contribution in [0.1, 0.15) is 45.1 Å². The molecule has 118 valence electrons. The van der Waals surface area contributed by atoms with Crippen molar-refractivity contribution < 1.29 is 5.11 Å². The number of aliphatic hydroxyl groups excluding tert-OH is 1. The number of anilines is 1. The molecule has 2 N–H and O–H groups in total. The van der Waals surface area contributed by atoms with Gasteiger partial charge in [-0.15, -0.1) is 0 Å². The number of halogens is 1. The lowest BCUT2D eigenvalue weighted by atomic mass is 10.1. The van der Waals surface area contributed by atoms with Crippen LogP contribution in [-0.2, 0) is 6.54 Å². The lowest BCUT2D eigenvalue weighted by Gasteiger charge is -2.31. The molecule has 0 aromatic heterocycles. The Morgan fingerprint density at radius 3 is 2.62 bits per heavy atom. The van der Waals surface area contributed by atoms with Crippen molar-refractivity contribution in [2.75, 3.05) is 18.1 Å². The summed E-state index contributed by atoms with van der Waals surface area (Å²) in [5.74, 6) is 0. The van der Waals surface area contributed by atoms with Crippen LogP contribution < -0.4 is 10.2 Å². The molecule has 1 aliphatic rings. The van der Waals surface area contributed by atoms with Gasteiger partial charge in [-0.1, -0.05) is 32.8 Å². The van der Waals surface area contributed by atoms with Crippen LogP contribution in [0.2, 0.25) is 0 Å². The maximum Gasteiger partial charge on any atom is 0.0606 e. The van der Waals surface area contributed by atoms with Gasteiger partial charge >= 0.3 is 0 Å². The summed E-state index contributed by atoms with van der Waals surface area (Å²) in [7, 11) is 0. The van der Waals surface area contributed by atoms with E-state index in [1.54, 1.807) is 0 Å². The lowest BCUT2D eigenvalue weighted by Crippen LogP contribution is -2.36. The van der Waals surface area contributed by atoms with E-state index < -0.39 is 0 Å². The van der Waals surface area contributed by atoms with Crippen LogP contribution >= 0.6 is 15.9 Å². The van der Waals surface area contributed by atoms with Crippen LogP contribution in [0.5, 0.6) is 0 Å². The molecule has 0 spiro atoms. The summed E-state index contributed by atoms with van der Waals surface area (Å²) in [6, 6.07) is 7.65. The number of benzene rings is 1. The number of nitrogens with one attached hydrogen (secondary N) is 1. The molecule has 1 saturated carbocycles. The Labute approximate surface area is 136 Å². The molecule has 1 aromatic rings. The van der Waals surface area contributed by atoms with E-state index >= 15 is 0 Å². The second-order valence-corrected chi connectivity index (χ2v) is 7.03. The standard InChI is InChI=1S/C17H27BrN2O/c1-13(2)19-12-14-7-8-17(16(18)11-14)20(9-10-21)15-5-3-4-6-15/h7-8,11,13,15,19,21H,3-6,9-10,12H2,1-2H3. The van der Waals surface area contributed by atoms with Gasteiger partial charge in [0.2, 0.25) is 0 Å². The second-order valence-electron chi connectivity index (χ2n) is 6.18. The summed E-state index contributed by atoms with van der Waals surface area (Å²) in [6.45, 7) is 6.13. The van der Waals surface area contributed by atoms with Gasteiger partial charge in [0.05, 0.1) is 12.3 Å². The van der Waals surface area contributed by atoms with E-state index in [0.717, 1.165) is 11.0 Å². The van der Waals surface area contributed by atoms with Gasteiger partial charge in [-0.25, -0.2) is 0 Å². The molecule has 0 radical (unpaired) electrons. The van der Waals surface area contributed by atoms with E-state index in [2.05, 4.69) is 58.2 Å². The van der Waals surface area contributed by atoms with Gasteiger partial charge in [-0.3, -0.25) is 0 Å². The van der Waals surface area contributed by atoms with E-state index in [1.165, 1.54) is 36.9 Å². The van der Waals surface area contributed by atoms with Gasteiger partial charge in [0.1, 0.15) is 0 Å². The van der Waals surface area contributed by atoms with Gasteiger partial charge in [-0.2, -0.15) is 0 Å². The maximum atomic E-state index is 9.38. The van der Waals surface area contributed by atoms with Crippen LogP contribution in [0.15, 0.2) is 22.7 Å². The van der Waals surface area contributed by atoms with E-state index in [9.17, 15) is 5.11 Å². The summed E-state index contributed by atoms with van der Waals surface area (Å²) >= 11 is 3.72. The molecule has 1 fully saturated rings. The third-order valence-corrected chi connectivity index (χ3v) is 4.78. The Morgan fingerprint density at radius 1 is 1.33 bits per heavy atom. The zero-order valence-electron chi connectivity index (χ0n) is 13.1. The Bertz CT molecular complexity index is 444. The van der Waals surface area contributed by atoms with Gasteiger partial charge in [0.25, 0.3) is 0 Å². The normalized spacial score (nSPS) is 15.9. The monoisotopic (exact) mass is 354 g/mol. The lowest BCUT2D eigenvalue weighted by molar-refractivity contribution is 0.297. The van der Waals surface area contributed by atoms with Crippen LogP contribution in [0.25, 0.3) is 0 Å². The van der Waals surface area contributed by atoms with Crippen LogP contribution in [0.3, 0.4) is 0 Å². The minimum Gasteiger partial charge on any atom is -0.395 e. The second kappa shape index (κ2) is 8.16. The van der Waals surface area contributed by atoms with Crippen molar-refractivity contribution in [3.05, 3.63) is 28.2 Å². The summed E-state index contributed by atoms with van der Waals surface area (Å²) in [5.41, 5.74) is 2.50. The Balaban J connectivity index is 2.12. The zero-order valence-corrected chi connectivity index (χ0v) is 14.7.